The second-order valence-corrected chi connectivity index (χ2v) is 7.86. The average Bonchev–Trinajstić information content (AvgIpc) is 2.82. The molecule has 0 spiro atoms. The second kappa shape index (κ2) is 11.4. The summed E-state index contributed by atoms with van der Waals surface area (Å²) in [5.41, 5.74) is 1.93. The first kappa shape index (κ1) is 24.1. The van der Waals surface area contributed by atoms with Gasteiger partial charge < -0.3 is 14.2 Å². The maximum atomic E-state index is 13.8. The molecule has 174 valence electrons. The summed E-state index contributed by atoms with van der Waals surface area (Å²) >= 11 is 0. The zero-order chi connectivity index (χ0) is 23.8. The van der Waals surface area contributed by atoms with Crippen molar-refractivity contribution in [2.24, 2.45) is 0 Å². The van der Waals surface area contributed by atoms with E-state index in [1.54, 1.807) is 22.8 Å². The van der Waals surface area contributed by atoms with Gasteiger partial charge in [0, 0.05) is 32.1 Å². The number of fused-ring (bicyclic) bond motifs is 1. The molecule has 0 saturated heterocycles. The van der Waals surface area contributed by atoms with Crippen LogP contribution in [0.15, 0.2) is 53.3 Å². The number of amides is 1. The lowest BCUT2D eigenvalue weighted by atomic mass is 10.2. The number of para-hydroxylation sites is 2. The number of hydrogen-bond acceptors (Lipinski definition) is 5. The van der Waals surface area contributed by atoms with Gasteiger partial charge in [-0.1, -0.05) is 43.7 Å². The van der Waals surface area contributed by atoms with Crippen LogP contribution in [0.5, 0.6) is 0 Å². The summed E-state index contributed by atoms with van der Waals surface area (Å²) in [6.07, 6.45) is 1.86. The standard InChI is InChI=1S/C25H28FN3O4/c1-3-4-15-29-22-12-8-7-11-20(22)27-21(25(29)32)13-14-24(31)33-17-23(30)28(2)16-18-9-5-6-10-19(18)26/h5-12H,3-4,13-17H2,1-2H3. The number of halogens is 1. The summed E-state index contributed by atoms with van der Waals surface area (Å²) in [7, 11) is 1.51. The van der Waals surface area contributed by atoms with Crippen LogP contribution in [0.25, 0.3) is 11.0 Å². The lowest BCUT2D eigenvalue weighted by Gasteiger charge is -2.17. The molecule has 0 fully saturated rings. The van der Waals surface area contributed by atoms with Gasteiger partial charge in [0.15, 0.2) is 6.61 Å². The first-order valence-corrected chi connectivity index (χ1v) is 11.0. The Balaban J connectivity index is 1.58. The Morgan fingerprint density at radius 3 is 2.61 bits per heavy atom. The molecule has 0 unspecified atom stereocenters. The van der Waals surface area contributed by atoms with E-state index in [1.807, 2.05) is 24.3 Å². The number of likely N-dealkylation sites (N-methyl/N-ethyl adjacent to an activating group) is 1. The van der Waals surface area contributed by atoms with E-state index in [9.17, 15) is 18.8 Å². The minimum Gasteiger partial charge on any atom is -0.456 e. The Labute approximate surface area is 191 Å². The number of benzene rings is 2. The van der Waals surface area contributed by atoms with Crippen molar-refractivity contribution in [3.63, 3.8) is 0 Å². The summed E-state index contributed by atoms with van der Waals surface area (Å²) < 4.78 is 20.5. The molecule has 2 aromatic carbocycles. The quantitative estimate of drug-likeness (QED) is 0.439. The molecule has 1 aromatic heterocycles. The zero-order valence-electron chi connectivity index (χ0n) is 18.9. The van der Waals surface area contributed by atoms with Gasteiger partial charge in [0.25, 0.3) is 11.5 Å². The van der Waals surface area contributed by atoms with Crippen LogP contribution in [0.3, 0.4) is 0 Å². The van der Waals surface area contributed by atoms with Crippen molar-refractivity contribution in [3.8, 4) is 0 Å². The number of aromatic nitrogens is 2. The summed E-state index contributed by atoms with van der Waals surface area (Å²) in [6.45, 7) is 2.26. The molecule has 1 heterocycles. The molecule has 0 aliphatic carbocycles. The fourth-order valence-electron chi connectivity index (χ4n) is 3.46. The van der Waals surface area contributed by atoms with Gasteiger partial charge in [-0.3, -0.25) is 14.4 Å². The van der Waals surface area contributed by atoms with E-state index < -0.39 is 24.3 Å². The average molecular weight is 454 g/mol. The van der Waals surface area contributed by atoms with E-state index in [2.05, 4.69) is 11.9 Å². The monoisotopic (exact) mass is 453 g/mol. The SMILES string of the molecule is CCCCn1c(=O)c(CCC(=O)OCC(=O)N(C)Cc2ccccc2F)nc2ccccc21. The van der Waals surface area contributed by atoms with E-state index in [-0.39, 0.29) is 24.9 Å². The Kier molecular flexibility index (Phi) is 8.29. The molecule has 0 saturated carbocycles. The highest BCUT2D eigenvalue weighted by atomic mass is 19.1. The molecule has 7 nitrogen and oxygen atoms in total. The third-order valence-corrected chi connectivity index (χ3v) is 5.37. The van der Waals surface area contributed by atoms with Crippen LogP contribution in [0, 0.1) is 5.82 Å². The summed E-state index contributed by atoms with van der Waals surface area (Å²) in [6, 6.07) is 13.6. The van der Waals surface area contributed by atoms with Crippen LogP contribution in [-0.2, 0) is 33.8 Å². The van der Waals surface area contributed by atoms with Crippen molar-refractivity contribution in [2.45, 2.75) is 45.7 Å². The first-order valence-electron chi connectivity index (χ1n) is 11.0. The predicted octanol–water partition coefficient (Wildman–Crippen LogP) is 3.47. The molecule has 0 radical (unpaired) electrons. The van der Waals surface area contributed by atoms with Crippen molar-refractivity contribution >= 4 is 22.9 Å². The Bertz CT molecular complexity index is 1190. The van der Waals surface area contributed by atoms with Crippen molar-refractivity contribution in [1.29, 1.82) is 0 Å². The fraction of sp³-hybridized carbons (Fsp3) is 0.360. The number of ether oxygens (including phenoxy) is 1. The number of unbranched alkanes of at least 4 members (excludes halogenated alkanes) is 1. The molecule has 3 aromatic rings. The van der Waals surface area contributed by atoms with Crippen LogP contribution in [0.4, 0.5) is 4.39 Å². The number of carbonyl (C=O) groups excluding carboxylic acids is 2. The van der Waals surface area contributed by atoms with Gasteiger partial charge in [-0.15, -0.1) is 0 Å². The predicted molar refractivity (Wildman–Crippen MR) is 123 cm³/mol. The minimum absolute atomic E-state index is 0.0708. The molecular weight excluding hydrogens is 425 g/mol. The fourth-order valence-corrected chi connectivity index (χ4v) is 3.46. The zero-order valence-corrected chi connectivity index (χ0v) is 18.9. The summed E-state index contributed by atoms with van der Waals surface area (Å²) in [5, 5.41) is 0. The topological polar surface area (TPSA) is 81.5 Å². The third kappa shape index (κ3) is 6.25. The van der Waals surface area contributed by atoms with Crippen LogP contribution in [0.1, 0.15) is 37.4 Å². The second-order valence-electron chi connectivity index (χ2n) is 7.86. The van der Waals surface area contributed by atoms with Crippen molar-refractivity contribution in [2.75, 3.05) is 13.7 Å². The smallest absolute Gasteiger partial charge is 0.306 e. The van der Waals surface area contributed by atoms with E-state index in [4.69, 9.17) is 4.74 Å². The van der Waals surface area contributed by atoms with Gasteiger partial charge in [-0.2, -0.15) is 0 Å². The Morgan fingerprint density at radius 1 is 1.12 bits per heavy atom. The number of rotatable bonds is 10. The largest absolute Gasteiger partial charge is 0.456 e. The van der Waals surface area contributed by atoms with Gasteiger partial charge in [0.2, 0.25) is 0 Å². The lowest BCUT2D eigenvalue weighted by molar-refractivity contribution is -0.151. The number of aryl methyl sites for hydroxylation is 2. The summed E-state index contributed by atoms with van der Waals surface area (Å²) in [4.78, 5) is 43.1. The third-order valence-electron chi connectivity index (χ3n) is 5.37. The van der Waals surface area contributed by atoms with Crippen LogP contribution >= 0.6 is 0 Å². The van der Waals surface area contributed by atoms with Gasteiger partial charge in [0.05, 0.1) is 17.5 Å². The highest BCUT2D eigenvalue weighted by Crippen LogP contribution is 2.12. The number of esters is 1. The van der Waals surface area contributed by atoms with Crippen molar-refractivity contribution in [1.82, 2.24) is 14.5 Å². The minimum atomic E-state index is -0.600. The van der Waals surface area contributed by atoms with E-state index >= 15 is 0 Å². The van der Waals surface area contributed by atoms with Crippen LogP contribution in [-0.4, -0.2) is 40.0 Å². The molecule has 3 rings (SSSR count). The number of nitrogens with zero attached hydrogens (tertiary/aromatic N) is 3. The first-order chi connectivity index (χ1) is 15.9. The summed E-state index contributed by atoms with van der Waals surface area (Å²) in [5.74, 6) is -1.45. The van der Waals surface area contributed by atoms with Gasteiger partial charge in [-0.25, -0.2) is 9.37 Å². The Morgan fingerprint density at radius 2 is 1.85 bits per heavy atom. The van der Waals surface area contributed by atoms with E-state index in [1.165, 1.54) is 18.0 Å². The highest BCUT2D eigenvalue weighted by Gasteiger charge is 2.16. The molecule has 0 aliphatic rings. The molecule has 8 heteroatoms. The molecule has 0 N–H and O–H groups in total. The highest BCUT2D eigenvalue weighted by molar-refractivity contribution is 5.80. The van der Waals surface area contributed by atoms with Crippen molar-refractivity contribution < 1.29 is 18.7 Å². The van der Waals surface area contributed by atoms with Gasteiger partial charge >= 0.3 is 5.97 Å². The number of carbonyl (C=O) groups is 2. The van der Waals surface area contributed by atoms with Crippen LogP contribution < -0.4 is 5.56 Å². The molecule has 0 atom stereocenters. The molecule has 0 bridgehead atoms. The lowest BCUT2D eigenvalue weighted by Crippen LogP contribution is -2.31. The normalized spacial score (nSPS) is 10.9. The molecule has 0 aliphatic heterocycles. The molecule has 33 heavy (non-hydrogen) atoms. The van der Waals surface area contributed by atoms with Crippen LogP contribution in [0.2, 0.25) is 0 Å². The van der Waals surface area contributed by atoms with E-state index in [0.29, 0.717) is 23.3 Å². The van der Waals surface area contributed by atoms with E-state index in [0.717, 1.165) is 18.4 Å². The maximum absolute atomic E-state index is 13.8. The maximum Gasteiger partial charge on any atom is 0.306 e. The number of hydrogen-bond donors (Lipinski definition) is 0. The molecule has 1 amide bonds. The van der Waals surface area contributed by atoms with Crippen molar-refractivity contribution in [3.05, 3.63) is 76.0 Å². The van der Waals surface area contributed by atoms with Gasteiger partial charge in [-0.05, 0) is 24.6 Å². The Hall–Kier alpha value is -3.55. The molecular formula is C25H28FN3O4. The van der Waals surface area contributed by atoms with Gasteiger partial charge in [0.1, 0.15) is 11.5 Å².